The number of hydrogen-bond donors (Lipinski definition) is 1. The second-order valence-electron chi connectivity index (χ2n) is 4.28. The predicted octanol–water partition coefficient (Wildman–Crippen LogP) is 3.34. The molecule has 0 aliphatic heterocycles. The van der Waals surface area contributed by atoms with Gasteiger partial charge in [0.15, 0.2) is 0 Å². The highest BCUT2D eigenvalue weighted by Crippen LogP contribution is 2.21. The number of rotatable bonds is 5. The van der Waals surface area contributed by atoms with Crippen LogP contribution in [0, 0.1) is 0 Å². The van der Waals surface area contributed by atoms with Crippen LogP contribution in [0.2, 0.25) is 0 Å². The first-order chi connectivity index (χ1) is 7.13. The van der Waals surface area contributed by atoms with Crippen LogP contribution in [0.15, 0.2) is 24.3 Å². The minimum Gasteiger partial charge on any atom is -0.390 e. The Bertz CT molecular complexity index is 283. The van der Waals surface area contributed by atoms with E-state index in [1.54, 1.807) is 0 Å². The summed E-state index contributed by atoms with van der Waals surface area (Å²) in [7, 11) is 0. The van der Waals surface area contributed by atoms with Crippen molar-refractivity contribution in [3.05, 3.63) is 35.4 Å². The first-order valence-electron chi connectivity index (χ1n) is 5.93. The minimum atomic E-state index is -0.520. The maximum atomic E-state index is 10.2. The molecule has 0 aliphatic carbocycles. The lowest BCUT2D eigenvalue weighted by atomic mass is 9.89. The van der Waals surface area contributed by atoms with Crippen molar-refractivity contribution in [1.82, 2.24) is 0 Å². The van der Waals surface area contributed by atoms with Crippen LogP contribution in [0.4, 0.5) is 0 Å². The lowest BCUT2D eigenvalue weighted by Gasteiger charge is -2.25. The molecule has 0 aliphatic rings. The molecule has 0 atom stereocenters. The molecule has 1 aromatic carbocycles. The zero-order chi connectivity index (χ0) is 11.3. The summed E-state index contributed by atoms with van der Waals surface area (Å²) in [5.41, 5.74) is 2.07. The molecule has 1 nitrogen and oxygen atoms in total. The van der Waals surface area contributed by atoms with E-state index in [9.17, 15) is 5.11 Å². The molecule has 0 amide bonds. The van der Waals surface area contributed by atoms with Crippen molar-refractivity contribution in [3.63, 3.8) is 0 Å². The van der Waals surface area contributed by atoms with E-state index >= 15 is 0 Å². The van der Waals surface area contributed by atoms with Gasteiger partial charge in [-0.1, -0.05) is 45.0 Å². The monoisotopic (exact) mass is 206 g/mol. The van der Waals surface area contributed by atoms with Gasteiger partial charge >= 0.3 is 0 Å². The molecule has 84 valence electrons. The third-order valence-corrected chi connectivity index (χ3v) is 3.28. The summed E-state index contributed by atoms with van der Waals surface area (Å²) in [6, 6.07) is 8.58. The van der Waals surface area contributed by atoms with Gasteiger partial charge in [0, 0.05) is 6.42 Å². The van der Waals surface area contributed by atoms with E-state index in [2.05, 4.69) is 31.2 Å². The lowest BCUT2D eigenvalue weighted by molar-refractivity contribution is 0.0326. The van der Waals surface area contributed by atoms with E-state index in [-0.39, 0.29) is 0 Å². The van der Waals surface area contributed by atoms with Crippen LogP contribution in [0.5, 0.6) is 0 Å². The highest BCUT2D eigenvalue weighted by atomic mass is 16.3. The average molecular weight is 206 g/mol. The third-order valence-electron chi connectivity index (χ3n) is 3.28. The maximum absolute atomic E-state index is 10.2. The van der Waals surface area contributed by atoms with Crippen molar-refractivity contribution >= 4 is 0 Å². The molecule has 0 spiro atoms. The summed E-state index contributed by atoms with van der Waals surface area (Å²) >= 11 is 0. The Labute approximate surface area is 93.1 Å². The Kier molecular flexibility index (Phi) is 4.34. The van der Waals surface area contributed by atoms with Gasteiger partial charge in [0.05, 0.1) is 5.60 Å². The molecule has 0 radical (unpaired) electrons. The van der Waals surface area contributed by atoms with Crippen molar-refractivity contribution < 1.29 is 5.11 Å². The van der Waals surface area contributed by atoms with Crippen molar-refractivity contribution in [1.29, 1.82) is 0 Å². The number of aryl methyl sites for hydroxylation is 1. The van der Waals surface area contributed by atoms with Crippen LogP contribution in [0.3, 0.4) is 0 Å². The molecule has 1 heteroatoms. The van der Waals surface area contributed by atoms with Crippen LogP contribution in [-0.2, 0) is 12.8 Å². The van der Waals surface area contributed by atoms with Gasteiger partial charge in [0.2, 0.25) is 0 Å². The fraction of sp³-hybridized carbons (Fsp3) is 0.571. The molecule has 0 heterocycles. The fourth-order valence-corrected chi connectivity index (χ4v) is 1.77. The number of hydrogen-bond acceptors (Lipinski definition) is 1. The van der Waals surface area contributed by atoms with Crippen LogP contribution in [-0.4, -0.2) is 10.7 Å². The zero-order valence-electron chi connectivity index (χ0n) is 10.1. The Balaban J connectivity index is 2.71. The van der Waals surface area contributed by atoms with Crippen LogP contribution < -0.4 is 0 Å². The van der Waals surface area contributed by atoms with Gasteiger partial charge in [-0.3, -0.25) is 0 Å². The molecule has 0 saturated carbocycles. The second kappa shape index (κ2) is 5.32. The normalized spacial score (nSPS) is 11.7. The molecule has 0 saturated heterocycles. The second-order valence-corrected chi connectivity index (χ2v) is 4.28. The van der Waals surface area contributed by atoms with Crippen molar-refractivity contribution in [2.45, 2.75) is 52.1 Å². The zero-order valence-corrected chi connectivity index (χ0v) is 10.1. The minimum absolute atomic E-state index is 0.520. The molecular formula is C14H22O. The van der Waals surface area contributed by atoms with Crippen LogP contribution in [0.1, 0.15) is 44.7 Å². The van der Waals surface area contributed by atoms with Crippen LogP contribution in [0.25, 0.3) is 0 Å². The summed E-state index contributed by atoms with van der Waals surface area (Å²) < 4.78 is 0. The summed E-state index contributed by atoms with van der Waals surface area (Å²) in [6.45, 7) is 6.25. The molecule has 1 rings (SSSR count). The van der Waals surface area contributed by atoms with Crippen molar-refractivity contribution in [2.24, 2.45) is 0 Å². The quantitative estimate of drug-likeness (QED) is 0.783. The van der Waals surface area contributed by atoms with Gasteiger partial charge in [-0.25, -0.2) is 0 Å². The van der Waals surface area contributed by atoms with Gasteiger partial charge in [-0.2, -0.15) is 0 Å². The van der Waals surface area contributed by atoms with E-state index in [1.165, 1.54) is 11.1 Å². The SMILES string of the molecule is CCc1ccc(CC(O)(CC)CC)cc1. The van der Waals surface area contributed by atoms with Crippen molar-refractivity contribution in [3.8, 4) is 0 Å². The molecule has 0 fully saturated rings. The Hall–Kier alpha value is -0.820. The first kappa shape index (κ1) is 12.3. The van der Waals surface area contributed by atoms with Crippen molar-refractivity contribution in [2.75, 3.05) is 0 Å². The first-order valence-corrected chi connectivity index (χ1v) is 5.93. The topological polar surface area (TPSA) is 20.2 Å². The van der Waals surface area contributed by atoms with E-state index in [0.29, 0.717) is 0 Å². The molecule has 1 N–H and O–H groups in total. The Morgan fingerprint density at radius 1 is 0.933 bits per heavy atom. The van der Waals surface area contributed by atoms with Gasteiger partial charge in [0.25, 0.3) is 0 Å². The van der Waals surface area contributed by atoms with E-state index in [4.69, 9.17) is 0 Å². The average Bonchev–Trinajstić information content (AvgIpc) is 2.30. The maximum Gasteiger partial charge on any atom is 0.0682 e. The van der Waals surface area contributed by atoms with E-state index in [1.807, 2.05) is 13.8 Å². The van der Waals surface area contributed by atoms with E-state index < -0.39 is 5.60 Å². The van der Waals surface area contributed by atoms with Gasteiger partial charge in [0.1, 0.15) is 0 Å². The van der Waals surface area contributed by atoms with Crippen LogP contribution >= 0.6 is 0 Å². The highest BCUT2D eigenvalue weighted by Gasteiger charge is 2.22. The van der Waals surface area contributed by atoms with Gasteiger partial charge in [-0.15, -0.1) is 0 Å². The summed E-state index contributed by atoms with van der Waals surface area (Å²) in [6.07, 6.45) is 3.48. The smallest absolute Gasteiger partial charge is 0.0682 e. The summed E-state index contributed by atoms with van der Waals surface area (Å²) in [5.74, 6) is 0. The molecular weight excluding hydrogens is 184 g/mol. The van der Waals surface area contributed by atoms with E-state index in [0.717, 1.165) is 25.7 Å². The summed E-state index contributed by atoms with van der Waals surface area (Å²) in [4.78, 5) is 0. The van der Waals surface area contributed by atoms with Gasteiger partial charge in [-0.05, 0) is 30.4 Å². The molecule has 0 aromatic heterocycles. The molecule has 0 unspecified atom stereocenters. The Morgan fingerprint density at radius 2 is 1.40 bits per heavy atom. The number of benzene rings is 1. The number of aliphatic hydroxyl groups is 1. The summed E-state index contributed by atoms with van der Waals surface area (Å²) in [5, 5.41) is 10.2. The fourth-order valence-electron chi connectivity index (χ4n) is 1.77. The molecule has 15 heavy (non-hydrogen) atoms. The molecule has 1 aromatic rings. The van der Waals surface area contributed by atoms with Gasteiger partial charge < -0.3 is 5.11 Å². The largest absolute Gasteiger partial charge is 0.390 e. The highest BCUT2D eigenvalue weighted by molar-refractivity contribution is 5.23. The standard InChI is InChI=1S/C14H22O/c1-4-12-7-9-13(10-8-12)11-14(15,5-2)6-3/h7-10,15H,4-6,11H2,1-3H3. The lowest BCUT2D eigenvalue weighted by Crippen LogP contribution is -2.29. The molecule has 0 bridgehead atoms. The Morgan fingerprint density at radius 3 is 1.80 bits per heavy atom. The predicted molar refractivity (Wildman–Crippen MR) is 65.1 cm³/mol. The third kappa shape index (κ3) is 3.35.